The number of rotatable bonds is 5. The maximum atomic E-state index is 12.2. The van der Waals surface area contributed by atoms with Crippen LogP contribution in [-0.4, -0.2) is 41.7 Å². The van der Waals surface area contributed by atoms with E-state index in [0.717, 1.165) is 29.0 Å². The Hall–Kier alpha value is -2.53. The van der Waals surface area contributed by atoms with Crippen LogP contribution in [0.2, 0.25) is 0 Å². The van der Waals surface area contributed by atoms with Crippen molar-refractivity contribution >= 4 is 11.0 Å². The number of hydrogen-bond acceptors (Lipinski definition) is 3. The fraction of sp³-hybridized carbons (Fsp3) is 0.235. The SMILES string of the molecule is CN(C)CCOc1ccc2c(c1)[nH]c(=O)n2-c1ccccc1. The van der Waals surface area contributed by atoms with Gasteiger partial charge in [-0.05, 0) is 38.4 Å². The summed E-state index contributed by atoms with van der Waals surface area (Å²) in [6, 6.07) is 15.3. The van der Waals surface area contributed by atoms with Crippen LogP contribution in [0.15, 0.2) is 53.3 Å². The quantitative estimate of drug-likeness (QED) is 0.786. The molecule has 1 N–H and O–H groups in total. The third kappa shape index (κ3) is 2.89. The summed E-state index contributed by atoms with van der Waals surface area (Å²) < 4.78 is 7.37. The molecule has 5 heteroatoms. The van der Waals surface area contributed by atoms with Crippen molar-refractivity contribution < 1.29 is 4.74 Å². The zero-order chi connectivity index (χ0) is 15.5. The van der Waals surface area contributed by atoms with Gasteiger partial charge in [-0.3, -0.25) is 4.57 Å². The molecule has 1 heterocycles. The fourth-order valence-corrected chi connectivity index (χ4v) is 2.36. The minimum atomic E-state index is -0.147. The Morgan fingerprint density at radius 1 is 1.14 bits per heavy atom. The van der Waals surface area contributed by atoms with E-state index in [1.807, 2.05) is 62.6 Å². The molecular formula is C17H19N3O2. The first-order valence-electron chi connectivity index (χ1n) is 7.23. The summed E-state index contributed by atoms with van der Waals surface area (Å²) in [5.74, 6) is 0.760. The van der Waals surface area contributed by atoms with E-state index in [2.05, 4.69) is 9.88 Å². The number of nitrogens with one attached hydrogen (secondary N) is 1. The van der Waals surface area contributed by atoms with E-state index in [9.17, 15) is 4.79 Å². The first-order valence-corrected chi connectivity index (χ1v) is 7.23. The van der Waals surface area contributed by atoms with Crippen molar-refractivity contribution in [2.45, 2.75) is 0 Å². The summed E-state index contributed by atoms with van der Waals surface area (Å²) in [4.78, 5) is 17.2. The summed E-state index contributed by atoms with van der Waals surface area (Å²) in [5.41, 5.74) is 2.32. The number of fused-ring (bicyclic) bond motifs is 1. The van der Waals surface area contributed by atoms with Gasteiger partial charge in [-0.2, -0.15) is 0 Å². The van der Waals surface area contributed by atoms with Crippen LogP contribution in [0.4, 0.5) is 0 Å². The molecular weight excluding hydrogens is 278 g/mol. The highest BCUT2D eigenvalue weighted by molar-refractivity contribution is 5.78. The van der Waals surface area contributed by atoms with Gasteiger partial charge in [-0.1, -0.05) is 18.2 Å². The fourth-order valence-electron chi connectivity index (χ4n) is 2.36. The molecule has 0 saturated heterocycles. The molecule has 0 fully saturated rings. The van der Waals surface area contributed by atoms with Gasteiger partial charge in [-0.15, -0.1) is 0 Å². The summed E-state index contributed by atoms with van der Waals surface area (Å²) in [5, 5.41) is 0. The highest BCUT2D eigenvalue weighted by Gasteiger charge is 2.09. The minimum absolute atomic E-state index is 0.147. The molecule has 0 spiro atoms. The topological polar surface area (TPSA) is 50.3 Å². The van der Waals surface area contributed by atoms with Crippen LogP contribution in [0.3, 0.4) is 0 Å². The van der Waals surface area contributed by atoms with E-state index in [1.54, 1.807) is 4.57 Å². The summed E-state index contributed by atoms with van der Waals surface area (Å²) in [6.45, 7) is 1.46. The second-order valence-corrected chi connectivity index (χ2v) is 5.43. The Labute approximate surface area is 128 Å². The molecule has 0 radical (unpaired) electrons. The van der Waals surface area contributed by atoms with Crippen LogP contribution >= 0.6 is 0 Å². The maximum Gasteiger partial charge on any atom is 0.331 e. The molecule has 0 aliphatic heterocycles. The van der Waals surface area contributed by atoms with Crippen molar-refractivity contribution in [3.05, 3.63) is 59.0 Å². The molecule has 0 aliphatic rings. The predicted octanol–water partition coefficient (Wildman–Crippen LogP) is 2.26. The van der Waals surface area contributed by atoms with Crippen LogP contribution in [0.5, 0.6) is 5.75 Å². The molecule has 0 saturated carbocycles. The smallest absolute Gasteiger partial charge is 0.331 e. The summed E-state index contributed by atoms with van der Waals surface area (Å²) in [6.07, 6.45) is 0. The average Bonchev–Trinajstić information content (AvgIpc) is 2.83. The number of H-pyrrole nitrogens is 1. The largest absolute Gasteiger partial charge is 0.492 e. The Morgan fingerprint density at radius 2 is 1.91 bits per heavy atom. The molecule has 22 heavy (non-hydrogen) atoms. The number of aromatic amines is 1. The van der Waals surface area contributed by atoms with E-state index in [-0.39, 0.29) is 5.69 Å². The zero-order valence-electron chi connectivity index (χ0n) is 12.7. The third-order valence-electron chi connectivity index (χ3n) is 3.48. The molecule has 3 aromatic rings. The van der Waals surface area contributed by atoms with Crippen LogP contribution in [0, 0.1) is 0 Å². The lowest BCUT2D eigenvalue weighted by atomic mass is 10.2. The lowest BCUT2D eigenvalue weighted by Gasteiger charge is -2.11. The third-order valence-corrected chi connectivity index (χ3v) is 3.48. The molecule has 0 bridgehead atoms. The van der Waals surface area contributed by atoms with Crippen LogP contribution in [0.25, 0.3) is 16.7 Å². The van der Waals surface area contributed by atoms with Crippen LogP contribution in [-0.2, 0) is 0 Å². The summed E-state index contributed by atoms with van der Waals surface area (Å²) >= 11 is 0. The molecule has 5 nitrogen and oxygen atoms in total. The highest BCUT2D eigenvalue weighted by atomic mass is 16.5. The molecule has 3 rings (SSSR count). The van der Waals surface area contributed by atoms with Crippen molar-refractivity contribution in [2.24, 2.45) is 0 Å². The van der Waals surface area contributed by atoms with Gasteiger partial charge in [0.2, 0.25) is 0 Å². The number of aromatic nitrogens is 2. The highest BCUT2D eigenvalue weighted by Crippen LogP contribution is 2.20. The lowest BCUT2D eigenvalue weighted by Crippen LogP contribution is -2.19. The van der Waals surface area contributed by atoms with Gasteiger partial charge >= 0.3 is 5.69 Å². The van der Waals surface area contributed by atoms with Crippen LogP contribution < -0.4 is 10.4 Å². The van der Waals surface area contributed by atoms with Gasteiger partial charge in [0.25, 0.3) is 0 Å². The minimum Gasteiger partial charge on any atom is -0.492 e. The number of hydrogen-bond donors (Lipinski definition) is 1. The van der Waals surface area contributed by atoms with Gasteiger partial charge in [-0.25, -0.2) is 4.79 Å². The van der Waals surface area contributed by atoms with Crippen molar-refractivity contribution in [3.8, 4) is 11.4 Å². The number of imidazole rings is 1. The zero-order valence-corrected chi connectivity index (χ0v) is 12.7. The predicted molar refractivity (Wildman–Crippen MR) is 87.9 cm³/mol. The Kier molecular flexibility index (Phi) is 3.98. The van der Waals surface area contributed by atoms with Crippen molar-refractivity contribution in [1.82, 2.24) is 14.5 Å². The number of para-hydroxylation sites is 1. The van der Waals surface area contributed by atoms with E-state index in [4.69, 9.17) is 4.74 Å². The van der Waals surface area contributed by atoms with E-state index < -0.39 is 0 Å². The molecule has 0 atom stereocenters. The van der Waals surface area contributed by atoms with E-state index in [0.29, 0.717) is 6.61 Å². The molecule has 0 unspecified atom stereocenters. The van der Waals surface area contributed by atoms with Gasteiger partial charge in [0.1, 0.15) is 12.4 Å². The van der Waals surface area contributed by atoms with E-state index in [1.165, 1.54) is 0 Å². The Morgan fingerprint density at radius 3 is 2.64 bits per heavy atom. The number of benzene rings is 2. The standard InChI is InChI=1S/C17H19N3O2/c1-19(2)10-11-22-14-8-9-16-15(12-14)18-17(21)20(16)13-6-4-3-5-7-13/h3-9,12H,10-11H2,1-2H3,(H,18,21). The van der Waals surface area contributed by atoms with Gasteiger partial charge in [0, 0.05) is 12.6 Å². The second-order valence-electron chi connectivity index (χ2n) is 5.43. The molecule has 0 aliphatic carbocycles. The molecule has 2 aromatic carbocycles. The maximum absolute atomic E-state index is 12.2. The Balaban J connectivity index is 1.94. The lowest BCUT2D eigenvalue weighted by molar-refractivity contribution is 0.261. The molecule has 1 aromatic heterocycles. The van der Waals surface area contributed by atoms with Crippen molar-refractivity contribution in [2.75, 3.05) is 27.2 Å². The van der Waals surface area contributed by atoms with Crippen molar-refractivity contribution in [1.29, 1.82) is 0 Å². The summed E-state index contributed by atoms with van der Waals surface area (Å²) in [7, 11) is 4.01. The number of likely N-dealkylation sites (N-methyl/N-ethyl adjacent to an activating group) is 1. The first-order chi connectivity index (χ1) is 10.6. The number of nitrogens with zero attached hydrogens (tertiary/aromatic N) is 2. The van der Waals surface area contributed by atoms with Gasteiger partial charge < -0.3 is 14.6 Å². The van der Waals surface area contributed by atoms with E-state index >= 15 is 0 Å². The molecule has 0 amide bonds. The van der Waals surface area contributed by atoms with Gasteiger partial charge in [0.05, 0.1) is 16.7 Å². The number of ether oxygens (including phenoxy) is 1. The molecule has 114 valence electrons. The first kappa shape index (κ1) is 14.4. The normalized spacial score (nSPS) is 11.2. The van der Waals surface area contributed by atoms with Crippen molar-refractivity contribution in [3.63, 3.8) is 0 Å². The monoisotopic (exact) mass is 297 g/mol. The van der Waals surface area contributed by atoms with Gasteiger partial charge in [0.15, 0.2) is 0 Å². The average molecular weight is 297 g/mol. The Bertz CT molecular complexity index is 819. The second kappa shape index (κ2) is 6.07. The van der Waals surface area contributed by atoms with Crippen LogP contribution in [0.1, 0.15) is 0 Å².